The number of rotatable bonds is 4. The molecule has 1 saturated heterocycles. The molecule has 88 valence electrons. The van der Waals surface area contributed by atoms with Crippen LogP contribution in [0.2, 0.25) is 5.02 Å². The molecule has 4 heteroatoms. The van der Waals surface area contributed by atoms with Crippen LogP contribution in [0.3, 0.4) is 0 Å². The van der Waals surface area contributed by atoms with Crippen LogP contribution in [0.5, 0.6) is 0 Å². The number of ether oxygens (including phenoxy) is 1. The molecule has 2 rings (SSSR count). The second-order valence-corrected chi connectivity index (χ2v) is 4.50. The first-order valence-electron chi connectivity index (χ1n) is 5.48. The Morgan fingerprint density at radius 3 is 3.12 bits per heavy atom. The van der Waals surface area contributed by atoms with Crippen molar-refractivity contribution in [3.8, 4) is 0 Å². The third-order valence-electron chi connectivity index (χ3n) is 2.78. The lowest BCUT2D eigenvalue weighted by molar-refractivity contribution is 0.185. The Labute approximate surface area is 99.7 Å². The summed E-state index contributed by atoms with van der Waals surface area (Å²) in [4.78, 5) is 0. The predicted molar refractivity (Wildman–Crippen MR) is 62.0 cm³/mol. The summed E-state index contributed by atoms with van der Waals surface area (Å²) in [5.74, 6) is 0.331. The second kappa shape index (κ2) is 5.62. The van der Waals surface area contributed by atoms with E-state index >= 15 is 0 Å². The largest absolute Gasteiger partial charge is 0.381 e. The van der Waals surface area contributed by atoms with Crippen molar-refractivity contribution in [2.24, 2.45) is 5.92 Å². The third kappa shape index (κ3) is 3.17. The fourth-order valence-corrected chi connectivity index (χ4v) is 2.02. The summed E-state index contributed by atoms with van der Waals surface area (Å²) in [7, 11) is 0. The van der Waals surface area contributed by atoms with Crippen molar-refractivity contribution in [3.05, 3.63) is 34.6 Å². The number of benzene rings is 1. The van der Waals surface area contributed by atoms with Crippen LogP contribution in [-0.4, -0.2) is 19.8 Å². The van der Waals surface area contributed by atoms with Crippen LogP contribution in [-0.2, 0) is 11.3 Å². The molecule has 1 aliphatic rings. The second-order valence-electron chi connectivity index (χ2n) is 4.10. The van der Waals surface area contributed by atoms with Gasteiger partial charge in [-0.3, -0.25) is 0 Å². The molecule has 1 aliphatic heterocycles. The van der Waals surface area contributed by atoms with Gasteiger partial charge in [0.2, 0.25) is 0 Å². The monoisotopic (exact) mass is 243 g/mol. The van der Waals surface area contributed by atoms with Crippen molar-refractivity contribution in [1.29, 1.82) is 0 Å². The van der Waals surface area contributed by atoms with Crippen LogP contribution in [0.4, 0.5) is 4.39 Å². The Morgan fingerprint density at radius 2 is 2.38 bits per heavy atom. The normalized spacial score (nSPS) is 20.2. The minimum Gasteiger partial charge on any atom is -0.381 e. The van der Waals surface area contributed by atoms with Crippen LogP contribution < -0.4 is 5.32 Å². The Hall–Kier alpha value is -0.640. The van der Waals surface area contributed by atoms with Crippen LogP contribution >= 0.6 is 11.6 Å². The lowest BCUT2D eigenvalue weighted by Gasteiger charge is -2.10. The summed E-state index contributed by atoms with van der Waals surface area (Å²) in [6, 6.07) is 4.43. The van der Waals surface area contributed by atoms with E-state index in [0.29, 0.717) is 17.5 Å². The van der Waals surface area contributed by atoms with Crippen LogP contribution in [0.15, 0.2) is 18.2 Å². The number of hydrogen-bond donors (Lipinski definition) is 1. The lowest BCUT2D eigenvalue weighted by Crippen LogP contribution is -2.22. The Kier molecular flexibility index (Phi) is 4.16. The molecule has 0 radical (unpaired) electrons. The molecule has 1 fully saturated rings. The molecule has 0 aliphatic carbocycles. The molecule has 0 aromatic heterocycles. The maximum Gasteiger partial charge on any atom is 0.123 e. The van der Waals surface area contributed by atoms with E-state index in [9.17, 15) is 4.39 Å². The minimum absolute atomic E-state index is 0.245. The van der Waals surface area contributed by atoms with Gasteiger partial charge < -0.3 is 10.1 Å². The minimum atomic E-state index is -0.245. The first kappa shape index (κ1) is 11.8. The molecule has 0 spiro atoms. The summed E-state index contributed by atoms with van der Waals surface area (Å²) in [5, 5.41) is 3.89. The average Bonchev–Trinajstić information content (AvgIpc) is 2.76. The van der Waals surface area contributed by atoms with Crippen molar-refractivity contribution in [2.45, 2.75) is 13.0 Å². The molecule has 1 unspecified atom stereocenters. The molecule has 1 aromatic rings. The fourth-order valence-electron chi connectivity index (χ4n) is 1.83. The van der Waals surface area contributed by atoms with Gasteiger partial charge in [0.05, 0.1) is 6.61 Å². The summed E-state index contributed by atoms with van der Waals surface area (Å²) in [6.07, 6.45) is 1.10. The van der Waals surface area contributed by atoms with Gasteiger partial charge in [0.1, 0.15) is 5.82 Å². The van der Waals surface area contributed by atoms with Crippen LogP contribution in [0, 0.1) is 11.7 Å². The first-order valence-corrected chi connectivity index (χ1v) is 5.86. The molecule has 0 amide bonds. The van der Waals surface area contributed by atoms with Gasteiger partial charge in [-0.25, -0.2) is 4.39 Å². The predicted octanol–water partition coefficient (Wildman–Crippen LogP) is 2.61. The Morgan fingerprint density at radius 1 is 1.50 bits per heavy atom. The van der Waals surface area contributed by atoms with Gasteiger partial charge in [-0.2, -0.15) is 0 Å². The quantitative estimate of drug-likeness (QED) is 0.878. The van der Waals surface area contributed by atoms with Crippen molar-refractivity contribution >= 4 is 11.6 Å². The highest BCUT2D eigenvalue weighted by Gasteiger charge is 2.14. The summed E-state index contributed by atoms with van der Waals surface area (Å²) in [6.45, 7) is 3.18. The van der Waals surface area contributed by atoms with E-state index in [0.717, 1.165) is 31.7 Å². The summed E-state index contributed by atoms with van der Waals surface area (Å²) >= 11 is 5.96. The number of nitrogens with one attached hydrogen (secondary N) is 1. The van der Waals surface area contributed by atoms with Crippen LogP contribution in [0.25, 0.3) is 0 Å². The van der Waals surface area contributed by atoms with E-state index in [1.807, 2.05) is 0 Å². The molecule has 16 heavy (non-hydrogen) atoms. The zero-order valence-corrected chi connectivity index (χ0v) is 9.77. The lowest BCUT2D eigenvalue weighted by atomic mass is 10.1. The molecule has 0 saturated carbocycles. The molecular formula is C12H15ClFNO. The highest BCUT2D eigenvalue weighted by molar-refractivity contribution is 6.31. The fraction of sp³-hybridized carbons (Fsp3) is 0.500. The average molecular weight is 244 g/mol. The zero-order chi connectivity index (χ0) is 11.4. The maximum atomic E-state index is 13.0. The molecule has 1 aromatic carbocycles. The van der Waals surface area contributed by atoms with E-state index < -0.39 is 0 Å². The van der Waals surface area contributed by atoms with E-state index in [4.69, 9.17) is 16.3 Å². The van der Waals surface area contributed by atoms with E-state index in [2.05, 4.69) is 5.32 Å². The Balaban J connectivity index is 1.82. The van der Waals surface area contributed by atoms with Gasteiger partial charge >= 0.3 is 0 Å². The van der Waals surface area contributed by atoms with Crippen molar-refractivity contribution < 1.29 is 9.13 Å². The third-order valence-corrected chi connectivity index (χ3v) is 3.15. The molecule has 1 N–H and O–H groups in total. The summed E-state index contributed by atoms with van der Waals surface area (Å²) < 4.78 is 18.2. The highest BCUT2D eigenvalue weighted by atomic mass is 35.5. The standard InChI is InChI=1S/C12H15ClFNO/c13-12-2-1-11(14)5-10(12)7-15-6-9-3-4-16-8-9/h1-2,5,9,15H,3-4,6-8H2. The topological polar surface area (TPSA) is 21.3 Å². The molecule has 2 nitrogen and oxygen atoms in total. The van der Waals surface area contributed by atoms with Crippen molar-refractivity contribution in [3.63, 3.8) is 0 Å². The number of hydrogen-bond acceptors (Lipinski definition) is 2. The smallest absolute Gasteiger partial charge is 0.123 e. The van der Waals surface area contributed by atoms with Gasteiger partial charge in [-0.1, -0.05) is 11.6 Å². The van der Waals surface area contributed by atoms with E-state index in [-0.39, 0.29) is 5.82 Å². The first-order chi connectivity index (χ1) is 7.75. The van der Waals surface area contributed by atoms with Gasteiger partial charge in [-0.15, -0.1) is 0 Å². The van der Waals surface area contributed by atoms with Gasteiger partial charge in [0.15, 0.2) is 0 Å². The van der Waals surface area contributed by atoms with E-state index in [1.54, 1.807) is 6.07 Å². The molecule has 1 heterocycles. The van der Waals surface area contributed by atoms with Crippen molar-refractivity contribution in [1.82, 2.24) is 5.32 Å². The highest BCUT2D eigenvalue weighted by Crippen LogP contribution is 2.17. The summed E-state index contributed by atoms with van der Waals surface area (Å²) in [5.41, 5.74) is 0.806. The Bertz CT molecular complexity index is 353. The van der Waals surface area contributed by atoms with Gasteiger partial charge in [-0.05, 0) is 36.1 Å². The zero-order valence-electron chi connectivity index (χ0n) is 9.01. The SMILES string of the molecule is Fc1ccc(Cl)c(CNCC2CCOC2)c1. The molecular weight excluding hydrogens is 229 g/mol. The van der Waals surface area contributed by atoms with Gasteiger partial charge in [0.25, 0.3) is 0 Å². The van der Waals surface area contributed by atoms with Gasteiger partial charge in [0, 0.05) is 24.7 Å². The molecule has 1 atom stereocenters. The maximum absolute atomic E-state index is 13.0. The van der Waals surface area contributed by atoms with E-state index in [1.165, 1.54) is 12.1 Å². The number of halogens is 2. The molecule has 0 bridgehead atoms. The van der Waals surface area contributed by atoms with Crippen molar-refractivity contribution in [2.75, 3.05) is 19.8 Å². The van der Waals surface area contributed by atoms with Crippen LogP contribution in [0.1, 0.15) is 12.0 Å².